The van der Waals surface area contributed by atoms with Crippen molar-refractivity contribution < 1.29 is 13.2 Å². The summed E-state index contributed by atoms with van der Waals surface area (Å²) in [7, 11) is -3.73. The zero-order valence-electron chi connectivity index (χ0n) is 15.4. The SMILES string of the molecule is O=C(NN[C@@H](CNS(=O)(=O)c1ccc(Cl)cc1)c1ccccc1)c1ccccc1. The third kappa shape index (κ3) is 5.88. The largest absolute Gasteiger partial charge is 0.287 e. The third-order valence-electron chi connectivity index (χ3n) is 4.20. The Labute approximate surface area is 174 Å². The number of nitrogens with one attached hydrogen (secondary N) is 3. The van der Waals surface area contributed by atoms with Crippen LogP contribution in [0.2, 0.25) is 5.02 Å². The number of halogens is 1. The van der Waals surface area contributed by atoms with Gasteiger partial charge in [0.25, 0.3) is 5.91 Å². The fourth-order valence-electron chi connectivity index (χ4n) is 2.64. The number of sulfonamides is 1. The lowest BCUT2D eigenvalue weighted by Crippen LogP contribution is -2.44. The standard InChI is InChI=1S/C21H20ClN3O3S/c22-18-11-13-19(14-12-18)29(27,28)23-15-20(16-7-3-1-4-8-16)24-25-21(26)17-9-5-2-6-10-17/h1-14,20,23-24H,15H2,(H,25,26)/t20-/m0/s1. The molecule has 0 bridgehead atoms. The van der Waals surface area contributed by atoms with Crippen molar-refractivity contribution in [3.8, 4) is 0 Å². The fraction of sp³-hybridized carbons (Fsp3) is 0.0952. The van der Waals surface area contributed by atoms with E-state index < -0.39 is 16.1 Å². The monoisotopic (exact) mass is 429 g/mol. The molecule has 0 aliphatic carbocycles. The maximum atomic E-state index is 12.6. The van der Waals surface area contributed by atoms with Gasteiger partial charge in [-0.05, 0) is 42.0 Å². The number of benzene rings is 3. The number of hydrogen-bond donors (Lipinski definition) is 3. The predicted octanol–water partition coefficient (Wildman–Crippen LogP) is 3.29. The van der Waals surface area contributed by atoms with E-state index in [2.05, 4.69) is 15.6 Å². The highest BCUT2D eigenvalue weighted by molar-refractivity contribution is 7.89. The van der Waals surface area contributed by atoms with Crippen molar-refractivity contribution in [3.05, 3.63) is 101 Å². The minimum absolute atomic E-state index is 0.0318. The topological polar surface area (TPSA) is 87.3 Å². The Morgan fingerprint density at radius 3 is 2.07 bits per heavy atom. The molecule has 3 rings (SSSR count). The Kier molecular flexibility index (Phi) is 7.00. The van der Waals surface area contributed by atoms with Gasteiger partial charge in [0, 0.05) is 17.1 Å². The molecule has 0 heterocycles. The highest BCUT2D eigenvalue weighted by Crippen LogP contribution is 2.16. The second-order valence-electron chi connectivity index (χ2n) is 6.23. The summed E-state index contributed by atoms with van der Waals surface area (Å²) in [4.78, 5) is 12.4. The lowest BCUT2D eigenvalue weighted by Gasteiger charge is -2.20. The summed E-state index contributed by atoms with van der Waals surface area (Å²) in [5, 5.41) is 0.455. The number of rotatable bonds is 8. The summed E-state index contributed by atoms with van der Waals surface area (Å²) in [6.07, 6.45) is 0. The van der Waals surface area contributed by atoms with Crippen LogP contribution in [-0.2, 0) is 10.0 Å². The molecule has 0 unspecified atom stereocenters. The molecule has 0 aliphatic heterocycles. The molecule has 0 spiro atoms. The molecule has 1 amide bonds. The maximum Gasteiger partial charge on any atom is 0.265 e. The number of hydrazine groups is 1. The molecule has 0 saturated heterocycles. The minimum Gasteiger partial charge on any atom is -0.287 e. The van der Waals surface area contributed by atoms with Crippen molar-refractivity contribution in [1.29, 1.82) is 0 Å². The van der Waals surface area contributed by atoms with Crippen LogP contribution in [0.1, 0.15) is 22.0 Å². The van der Waals surface area contributed by atoms with Gasteiger partial charge in [-0.2, -0.15) is 0 Å². The van der Waals surface area contributed by atoms with E-state index in [1.165, 1.54) is 24.3 Å². The van der Waals surface area contributed by atoms with Gasteiger partial charge >= 0.3 is 0 Å². The molecule has 3 N–H and O–H groups in total. The van der Waals surface area contributed by atoms with Crippen molar-refractivity contribution in [2.75, 3.05) is 6.54 Å². The van der Waals surface area contributed by atoms with E-state index in [1.54, 1.807) is 24.3 Å². The van der Waals surface area contributed by atoms with Gasteiger partial charge in [0.2, 0.25) is 10.0 Å². The molecule has 3 aromatic rings. The summed E-state index contributed by atoms with van der Waals surface area (Å²) < 4.78 is 27.7. The number of carbonyl (C=O) groups is 1. The molecule has 29 heavy (non-hydrogen) atoms. The van der Waals surface area contributed by atoms with E-state index in [9.17, 15) is 13.2 Å². The molecule has 150 valence electrons. The van der Waals surface area contributed by atoms with E-state index in [4.69, 9.17) is 11.6 Å². The molecule has 0 aromatic heterocycles. The first-order chi connectivity index (χ1) is 14.0. The molecular weight excluding hydrogens is 410 g/mol. The molecule has 6 nitrogen and oxygen atoms in total. The van der Waals surface area contributed by atoms with Crippen LogP contribution in [0.5, 0.6) is 0 Å². The van der Waals surface area contributed by atoms with Crippen molar-refractivity contribution in [2.45, 2.75) is 10.9 Å². The minimum atomic E-state index is -3.73. The molecule has 8 heteroatoms. The van der Waals surface area contributed by atoms with Gasteiger partial charge in [-0.15, -0.1) is 0 Å². The average molecular weight is 430 g/mol. The third-order valence-corrected chi connectivity index (χ3v) is 5.89. The highest BCUT2D eigenvalue weighted by atomic mass is 35.5. The van der Waals surface area contributed by atoms with Gasteiger partial charge in [0.1, 0.15) is 0 Å². The van der Waals surface area contributed by atoms with Crippen LogP contribution in [-0.4, -0.2) is 20.9 Å². The number of carbonyl (C=O) groups excluding carboxylic acids is 1. The first-order valence-electron chi connectivity index (χ1n) is 8.87. The van der Waals surface area contributed by atoms with E-state index in [0.29, 0.717) is 10.6 Å². The lowest BCUT2D eigenvalue weighted by molar-refractivity contribution is 0.0925. The van der Waals surface area contributed by atoms with Crippen LogP contribution in [0.4, 0.5) is 0 Å². The van der Waals surface area contributed by atoms with Crippen LogP contribution in [0, 0.1) is 0 Å². The summed E-state index contributed by atoms with van der Waals surface area (Å²) in [5.74, 6) is -0.313. The number of amides is 1. The van der Waals surface area contributed by atoms with E-state index in [0.717, 1.165) is 5.56 Å². The van der Waals surface area contributed by atoms with E-state index in [-0.39, 0.29) is 17.3 Å². The van der Waals surface area contributed by atoms with Gasteiger partial charge in [0.05, 0.1) is 10.9 Å². The predicted molar refractivity (Wildman–Crippen MR) is 113 cm³/mol. The average Bonchev–Trinajstić information content (AvgIpc) is 2.75. The lowest BCUT2D eigenvalue weighted by atomic mass is 10.1. The van der Waals surface area contributed by atoms with Crippen LogP contribution in [0.3, 0.4) is 0 Å². The first kappa shape index (κ1) is 21.0. The number of hydrogen-bond acceptors (Lipinski definition) is 4. The molecule has 0 radical (unpaired) electrons. The zero-order chi connectivity index (χ0) is 20.7. The Hall–Kier alpha value is -2.71. The molecule has 0 aliphatic rings. The smallest absolute Gasteiger partial charge is 0.265 e. The Bertz CT molecular complexity index is 1040. The van der Waals surface area contributed by atoms with Gasteiger partial charge in [-0.3, -0.25) is 10.2 Å². The van der Waals surface area contributed by atoms with E-state index in [1.807, 2.05) is 36.4 Å². The van der Waals surface area contributed by atoms with Crippen molar-refractivity contribution in [3.63, 3.8) is 0 Å². The van der Waals surface area contributed by atoms with Gasteiger partial charge in [-0.1, -0.05) is 60.1 Å². The quantitative estimate of drug-likeness (QED) is 0.479. The van der Waals surface area contributed by atoms with Crippen molar-refractivity contribution in [1.82, 2.24) is 15.6 Å². The van der Waals surface area contributed by atoms with Crippen molar-refractivity contribution in [2.24, 2.45) is 0 Å². The second-order valence-corrected chi connectivity index (χ2v) is 8.44. The Morgan fingerprint density at radius 2 is 1.45 bits per heavy atom. The molecule has 1 atom stereocenters. The summed E-state index contributed by atoms with van der Waals surface area (Å²) in [6.45, 7) is 0.0318. The molecule has 0 fully saturated rings. The van der Waals surface area contributed by atoms with Gasteiger partial charge < -0.3 is 0 Å². The van der Waals surface area contributed by atoms with Gasteiger partial charge in [0.15, 0.2) is 0 Å². The zero-order valence-corrected chi connectivity index (χ0v) is 17.0. The maximum absolute atomic E-state index is 12.6. The first-order valence-corrected chi connectivity index (χ1v) is 10.7. The highest BCUT2D eigenvalue weighted by Gasteiger charge is 2.19. The summed E-state index contributed by atoms with van der Waals surface area (Å²) >= 11 is 5.83. The summed E-state index contributed by atoms with van der Waals surface area (Å²) in [6, 6.07) is 23.4. The van der Waals surface area contributed by atoms with Crippen LogP contribution in [0.25, 0.3) is 0 Å². The van der Waals surface area contributed by atoms with Crippen LogP contribution in [0.15, 0.2) is 89.8 Å². The Balaban J connectivity index is 1.71. The van der Waals surface area contributed by atoms with Crippen LogP contribution >= 0.6 is 11.6 Å². The summed E-state index contributed by atoms with van der Waals surface area (Å²) in [5.41, 5.74) is 6.87. The fourth-order valence-corrected chi connectivity index (χ4v) is 3.82. The molecule has 3 aromatic carbocycles. The second kappa shape index (κ2) is 9.67. The van der Waals surface area contributed by atoms with E-state index >= 15 is 0 Å². The van der Waals surface area contributed by atoms with Gasteiger partial charge in [-0.25, -0.2) is 18.6 Å². The normalized spacial score (nSPS) is 12.3. The molecular formula is C21H20ClN3O3S. The van der Waals surface area contributed by atoms with Crippen LogP contribution < -0.4 is 15.6 Å². The van der Waals surface area contributed by atoms with Crippen molar-refractivity contribution >= 4 is 27.5 Å². The Morgan fingerprint density at radius 1 is 0.862 bits per heavy atom. The molecule has 0 saturated carbocycles.